The highest BCUT2D eigenvalue weighted by Gasteiger charge is 2.31. The Morgan fingerprint density at radius 1 is 1.33 bits per heavy atom. The second kappa shape index (κ2) is 5.95. The van der Waals surface area contributed by atoms with E-state index in [4.69, 9.17) is 0 Å². The zero-order chi connectivity index (χ0) is 17.3. The van der Waals surface area contributed by atoms with Crippen LogP contribution in [0.4, 0.5) is 19.0 Å². The number of anilines is 1. The third-order valence-electron chi connectivity index (χ3n) is 3.45. The van der Waals surface area contributed by atoms with Crippen molar-refractivity contribution >= 4 is 11.5 Å². The first-order valence-electron chi connectivity index (χ1n) is 7.05. The van der Waals surface area contributed by atoms with Crippen LogP contribution in [0.25, 0.3) is 5.65 Å². The Morgan fingerprint density at radius 2 is 2.12 bits per heavy atom. The molecule has 0 bridgehead atoms. The van der Waals surface area contributed by atoms with Gasteiger partial charge in [0, 0.05) is 31.6 Å². The molecule has 0 amide bonds. The standard InChI is InChI=1S/C14H13F3N6O/c1-8-6-9(14(15,16)17)7-20-11(8)18-3-2-10-21-22-12-13(24)19-4-5-23(10)12/h4-7H,2-3H2,1H3,(H,18,20)(H,19,24). The molecule has 10 heteroatoms. The Hall–Kier alpha value is -2.91. The fourth-order valence-electron chi connectivity index (χ4n) is 2.27. The Labute approximate surface area is 133 Å². The molecule has 7 nitrogen and oxygen atoms in total. The van der Waals surface area contributed by atoms with Gasteiger partial charge in [0.1, 0.15) is 11.6 Å². The van der Waals surface area contributed by atoms with Crippen molar-refractivity contribution in [3.63, 3.8) is 0 Å². The first kappa shape index (κ1) is 16.0. The number of aromatic amines is 1. The van der Waals surface area contributed by atoms with E-state index in [0.29, 0.717) is 30.2 Å². The van der Waals surface area contributed by atoms with Gasteiger partial charge in [-0.25, -0.2) is 4.98 Å². The molecule has 0 spiro atoms. The van der Waals surface area contributed by atoms with Crippen LogP contribution in [0, 0.1) is 6.92 Å². The highest BCUT2D eigenvalue weighted by molar-refractivity contribution is 5.45. The Bertz CT molecular complexity index is 930. The summed E-state index contributed by atoms with van der Waals surface area (Å²) in [5, 5.41) is 10.7. The van der Waals surface area contributed by atoms with Gasteiger partial charge < -0.3 is 10.3 Å². The van der Waals surface area contributed by atoms with Gasteiger partial charge in [-0.05, 0) is 18.6 Å². The molecule has 0 atom stereocenters. The van der Waals surface area contributed by atoms with Crippen molar-refractivity contribution in [2.45, 2.75) is 19.5 Å². The van der Waals surface area contributed by atoms with E-state index in [1.165, 1.54) is 6.20 Å². The van der Waals surface area contributed by atoms with Crippen LogP contribution in [0.3, 0.4) is 0 Å². The van der Waals surface area contributed by atoms with Crippen molar-refractivity contribution in [3.05, 3.63) is 52.0 Å². The Morgan fingerprint density at radius 3 is 2.83 bits per heavy atom. The molecule has 0 fully saturated rings. The van der Waals surface area contributed by atoms with Gasteiger partial charge in [0.05, 0.1) is 5.56 Å². The summed E-state index contributed by atoms with van der Waals surface area (Å²) in [6, 6.07) is 1.04. The third-order valence-corrected chi connectivity index (χ3v) is 3.45. The lowest BCUT2D eigenvalue weighted by molar-refractivity contribution is -0.137. The number of nitrogens with one attached hydrogen (secondary N) is 2. The number of halogens is 3. The van der Waals surface area contributed by atoms with E-state index in [1.807, 2.05) is 0 Å². The Balaban J connectivity index is 1.70. The minimum Gasteiger partial charge on any atom is -0.369 e. The highest BCUT2D eigenvalue weighted by Crippen LogP contribution is 2.30. The van der Waals surface area contributed by atoms with Crippen LogP contribution in [0.2, 0.25) is 0 Å². The summed E-state index contributed by atoms with van der Waals surface area (Å²) in [6.45, 7) is 1.93. The van der Waals surface area contributed by atoms with Gasteiger partial charge >= 0.3 is 6.18 Å². The molecule has 3 aromatic heterocycles. The molecule has 0 unspecified atom stereocenters. The maximum Gasteiger partial charge on any atom is 0.417 e. The van der Waals surface area contributed by atoms with E-state index in [-0.39, 0.29) is 11.2 Å². The third kappa shape index (κ3) is 3.07. The quantitative estimate of drug-likeness (QED) is 0.757. The molecule has 2 N–H and O–H groups in total. The van der Waals surface area contributed by atoms with Crippen molar-refractivity contribution in [2.24, 2.45) is 0 Å². The van der Waals surface area contributed by atoms with E-state index < -0.39 is 11.7 Å². The van der Waals surface area contributed by atoms with Crippen LogP contribution in [-0.4, -0.2) is 31.1 Å². The molecule has 0 aromatic carbocycles. The van der Waals surface area contributed by atoms with Gasteiger partial charge in [-0.2, -0.15) is 13.2 Å². The van der Waals surface area contributed by atoms with Gasteiger partial charge in [0.25, 0.3) is 5.56 Å². The van der Waals surface area contributed by atoms with Gasteiger partial charge in [-0.3, -0.25) is 9.20 Å². The van der Waals surface area contributed by atoms with E-state index in [9.17, 15) is 18.0 Å². The summed E-state index contributed by atoms with van der Waals surface area (Å²) in [5.74, 6) is 0.933. The minimum absolute atomic E-state index is 0.191. The summed E-state index contributed by atoms with van der Waals surface area (Å²) >= 11 is 0. The van der Waals surface area contributed by atoms with Crippen molar-refractivity contribution in [2.75, 3.05) is 11.9 Å². The average molecular weight is 338 g/mol. The number of alkyl halides is 3. The van der Waals surface area contributed by atoms with Gasteiger partial charge in [-0.15, -0.1) is 10.2 Å². The lowest BCUT2D eigenvalue weighted by Gasteiger charge is -2.11. The van der Waals surface area contributed by atoms with Gasteiger partial charge in [0.15, 0.2) is 0 Å². The number of fused-ring (bicyclic) bond motifs is 1. The summed E-state index contributed by atoms with van der Waals surface area (Å²) in [6.07, 6.45) is -0.0806. The molecule has 0 saturated carbocycles. The van der Waals surface area contributed by atoms with Crippen LogP contribution >= 0.6 is 0 Å². The Kier molecular flexibility index (Phi) is 3.96. The van der Waals surface area contributed by atoms with Crippen molar-refractivity contribution < 1.29 is 13.2 Å². The molecule has 0 aliphatic rings. The normalized spacial score (nSPS) is 11.8. The zero-order valence-electron chi connectivity index (χ0n) is 12.6. The fraction of sp³-hybridized carbons (Fsp3) is 0.286. The maximum absolute atomic E-state index is 12.6. The summed E-state index contributed by atoms with van der Waals surface area (Å²) < 4.78 is 39.4. The maximum atomic E-state index is 12.6. The van der Waals surface area contributed by atoms with Crippen molar-refractivity contribution in [3.8, 4) is 0 Å². The topological polar surface area (TPSA) is 88.0 Å². The van der Waals surface area contributed by atoms with Crippen molar-refractivity contribution in [1.82, 2.24) is 24.6 Å². The molecule has 3 heterocycles. The highest BCUT2D eigenvalue weighted by atomic mass is 19.4. The predicted octanol–water partition coefficient (Wildman–Crippen LogP) is 1.79. The number of H-pyrrole nitrogens is 1. The summed E-state index contributed by atoms with van der Waals surface area (Å²) in [5.41, 5.74) is -0.540. The molecule has 0 radical (unpaired) electrons. The van der Waals surface area contributed by atoms with E-state index in [2.05, 4.69) is 25.5 Å². The molecule has 126 valence electrons. The van der Waals surface area contributed by atoms with E-state index in [1.54, 1.807) is 17.5 Å². The molecule has 0 aliphatic carbocycles. The lowest BCUT2D eigenvalue weighted by atomic mass is 10.2. The number of nitrogens with zero attached hydrogens (tertiary/aromatic N) is 4. The molecule has 24 heavy (non-hydrogen) atoms. The van der Waals surface area contributed by atoms with Gasteiger partial charge in [-0.1, -0.05) is 0 Å². The second-order valence-corrected chi connectivity index (χ2v) is 5.16. The predicted molar refractivity (Wildman–Crippen MR) is 79.8 cm³/mol. The minimum atomic E-state index is -4.41. The second-order valence-electron chi connectivity index (χ2n) is 5.16. The molecule has 3 aromatic rings. The van der Waals surface area contributed by atoms with Crippen LogP contribution in [0.15, 0.2) is 29.5 Å². The molecule has 3 rings (SSSR count). The number of pyridine rings is 1. The van der Waals surface area contributed by atoms with Crippen LogP contribution in [0.5, 0.6) is 0 Å². The van der Waals surface area contributed by atoms with Crippen LogP contribution in [-0.2, 0) is 12.6 Å². The molecule has 0 saturated heterocycles. The van der Waals surface area contributed by atoms with Crippen LogP contribution < -0.4 is 10.9 Å². The number of hydrogen-bond donors (Lipinski definition) is 2. The van der Waals surface area contributed by atoms with Crippen molar-refractivity contribution in [1.29, 1.82) is 0 Å². The average Bonchev–Trinajstić information content (AvgIpc) is 2.92. The fourth-order valence-corrected chi connectivity index (χ4v) is 2.27. The smallest absolute Gasteiger partial charge is 0.369 e. The molecular formula is C14H13F3N6O. The summed E-state index contributed by atoms with van der Waals surface area (Å²) in [7, 11) is 0. The number of hydrogen-bond acceptors (Lipinski definition) is 5. The molecular weight excluding hydrogens is 325 g/mol. The van der Waals surface area contributed by atoms with Crippen LogP contribution in [0.1, 0.15) is 17.0 Å². The zero-order valence-corrected chi connectivity index (χ0v) is 12.6. The first-order valence-corrected chi connectivity index (χ1v) is 7.05. The number of aryl methyl sites for hydroxylation is 1. The SMILES string of the molecule is Cc1cc(C(F)(F)F)cnc1NCCc1nnc2c(=O)[nH]ccn12. The lowest BCUT2D eigenvalue weighted by Crippen LogP contribution is -2.13. The molecule has 0 aliphatic heterocycles. The largest absolute Gasteiger partial charge is 0.417 e. The first-order chi connectivity index (χ1) is 11.4. The number of aromatic nitrogens is 5. The van der Waals surface area contributed by atoms with E-state index in [0.717, 1.165) is 12.3 Å². The van der Waals surface area contributed by atoms with E-state index >= 15 is 0 Å². The van der Waals surface area contributed by atoms with Gasteiger partial charge in [0.2, 0.25) is 5.65 Å². The number of rotatable bonds is 4. The summed E-state index contributed by atoms with van der Waals surface area (Å²) in [4.78, 5) is 17.9. The monoisotopic (exact) mass is 338 g/mol.